The summed E-state index contributed by atoms with van der Waals surface area (Å²) < 4.78 is 39.8. The quantitative estimate of drug-likeness (QED) is 0.757. The summed E-state index contributed by atoms with van der Waals surface area (Å²) in [6.07, 6.45) is -4.36. The molecule has 2 saturated heterocycles. The molecule has 2 heterocycles. The first kappa shape index (κ1) is 20.9. The molecule has 4 rings (SSSR count). The summed E-state index contributed by atoms with van der Waals surface area (Å²) in [7, 11) is 0. The monoisotopic (exact) mass is 431 g/mol. The number of urea groups is 1. The van der Waals surface area contributed by atoms with Gasteiger partial charge in [-0.3, -0.25) is 14.5 Å². The number of halogens is 3. The van der Waals surface area contributed by atoms with Crippen molar-refractivity contribution in [3.8, 4) is 0 Å². The summed E-state index contributed by atoms with van der Waals surface area (Å²) in [5.41, 5.74) is -1.73. The van der Waals surface area contributed by atoms with Gasteiger partial charge in [-0.25, -0.2) is 4.79 Å². The van der Waals surface area contributed by atoms with Crippen LogP contribution in [0.25, 0.3) is 0 Å². The number of likely N-dealkylation sites (tertiary alicyclic amines) is 1. The van der Waals surface area contributed by atoms with E-state index in [4.69, 9.17) is 0 Å². The minimum Gasteiger partial charge on any atom is -0.338 e. The van der Waals surface area contributed by atoms with Crippen LogP contribution in [0.3, 0.4) is 0 Å². The van der Waals surface area contributed by atoms with Crippen LogP contribution in [0.15, 0.2) is 54.6 Å². The Balaban J connectivity index is 1.47. The molecule has 1 spiro atoms. The van der Waals surface area contributed by atoms with Crippen molar-refractivity contribution < 1.29 is 27.6 Å². The van der Waals surface area contributed by atoms with Crippen molar-refractivity contribution in [1.29, 1.82) is 0 Å². The van der Waals surface area contributed by atoms with Gasteiger partial charge in [-0.2, -0.15) is 13.2 Å². The van der Waals surface area contributed by atoms with E-state index in [0.29, 0.717) is 0 Å². The van der Waals surface area contributed by atoms with Crippen LogP contribution < -0.4 is 5.32 Å². The van der Waals surface area contributed by atoms with Crippen LogP contribution in [-0.4, -0.2) is 46.3 Å². The molecule has 162 valence electrons. The third-order valence-electron chi connectivity index (χ3n) is 5.80. The molecule has 0 radical (unpaired) electrons. The third-order valence-corrected chi connectivity index (χ3v) is 5.80. The Labute approximate surface area is 176 Å². The fourth-order valence-electron chi connectivity index (χ4n) is 4.10. The Morgan fingerprint density at radius 1 is 0.968 bits per heavy atom. The zero-order valence-corrected chi connectivity index (χ0v) is 16.5. The van der Waals surface area contributed by atoms with E-state index >= 15 is 0 Å². The van der Waals surface area contributed by atoms with Gasteiger partial charge in [-0.15, -0.1) is 0 Å². The van der Waals surface area contributed by atoms with Crippen molar-refractivity contribution in [2.24, 2.45) is 0 Å². The Morgan fingerprint density at radius 2 is 1.58 bits per heavy atom. The highest BCUT2D eigenvalue weighted by molar-refractivity contribution is 6.07. The van der Waals surface area contributed by atoms with Crippen LogP contribution >= 0.6 is 0 Å². The number of carbonyl (C=O) groups is 3. The molecule has 2 aromatic carbocycles. The fraction of sp³-hybridized carbons (Fsp3) is 0.318. The Hall–Kier alpha value is -3.36. The van der Waals surface area contributed by atoms with E-state index < -0.39 is 34.8 Å². The van der Waals surface area contributed by atoms with Gasteiger partial charge in [0.15, 0.2) is 0 Å². The van der Waals surface area contributed by atoms with Gasteiger partial charge >= 0.3 is 12.2 Å². The molecule has 2 aromatic rings. The van der Waals surface area contributed by atoms with E-state index in [9.17, 15) is 27.6 Å². The van der Waals surface area contributed by atoms with Crippen molar-refractivity contribution >= 4 is 17.8 Å². The number of carbonyl (C=O) groups excluding carboxylic acids is 3. The van der Waals surface area contributed by atoms with E-state index in [-0.39, 0.29) is 38.4 Å². The Kier molecular flexibility index (Phi) is 5.20. The summed E-state index contributed by atoms with van der Waals surface area (Å²) in [5.74, 6) is -1.11. The van der Waals surface area contributed by atoms with E-state index in [0.717, 1.165) is 22.6 Å². The lowest BCUT2D eigenvalue weighted by molar-refractivity contribution is -0.138. The van der Waals surface area contributed by atoms with Crippen LogP contribution in [0.2, 0.25) is 0 Å². The summed E-state index contributed by atoms with van der Waals surface area (Å²) in [6.45, 7) is 0.265. The number of nitrogens with one attached hydrogen (secondary N) is 1. The van der Waals surface area contributed by atoms with Crippen LogP contribution in [0.1, 0.15) is 34.3 Å². The van der Waals surface area contributed by atoms with E-state index in [2.05, 4.69) is 5.32 Å². The molecule has 31 heavy (non-hydrogen) atoms. The fourth-order valence-corrected chi connectivity index (χ4v) is 4.10. The van der Waals surface area contributed by atoms with Crippen LogP contribution in [-0.2, 0) is 17.5 Å². The number of hydrogen-bond acceptors (Lipinski definition) is 3. The van der Waals surface area contributed by atoms with Gasteiger partial charge in [0.25, 0.3) is 11.8 Å². The molecule has 6 nitrogen and oxygen atoms in total. The second-order valence-corrected chi connectivity index (χ2v) is 7.72. The van der Waals surface area contributed by atoms with Crippen LogP contribution in [0.5, 0.6) is 0 Å². The molecular weight excluding hydrogens is 411 g/mol. The molecule has 4 amide bonds. The lowest BCUT2D eigenvalue weighted by Gasteiger charge is -2.37. The summed E-state index contributed by atoms with van der Waals surface area (Å²) in [4.78, 5) is 40.7. The van der Waals surface area contributed by atoms with Gasteiger partial charge < -0.3 is 10.2 Å². The average Bonchev–Trinajstić information content (AvgIpc) is 2.98. The molecule has 0 aliphatic carbocycles. The van der Waals surface area contributed by atoms with Gasteiger partial charge in [0.2, 0.25) is 0 Å². The number of imide groups is 1. The van der Waals surface area contributed by atoms with Crippen molar-refractivity contribution in [2.75, 3.05) is 13.1 Å². The van der Waals surface area contributed by atoms with Crippen molar-refractivity contribution in [2.45, 2.75) is 31.1 Å². The highest BCUT2D eigenvalue weighted by Crippen LogP contribution is 2.34. The molecule has 2 aliphatic rings. The Bertz CT molecular complexity index is 1020. The lowest BCUT2D eigenvalue weighted by atomic mass is 9.87. The van der Waals surface area contributed by atoms with E-state index in [1.165, 1.54) is 17.0 Å². The molecule has 0 unspecified atom stereocenters. The molecule has 0 aromatic heterocycles. The molecule has 9 heteroatoms. The second-order valence-electron chi connectivity index (χ2n) is 7.72. The molecule has 2 aliphatic heterocycles. The minimum absolute atomic E-state index is 0.0657. The van der Waals surface area contributed by atoms with E-state index in [1.807, 2.05) is 30.3 Å². The summed E-state index contributed by atoms with van der Waals surface area (Å²) in [6, 6.07) is 13.2. The molecule has 0 saturated carbocycles. The van der Waals surface area contributed by atoms with Crippen molar-refractivity contribution in [3.05, 3.63) is 71.3 Å². The maximum Gasteiger partial charge on any atom is 0.417 e. The third kappa shape index (κ3) is 3.87. The zero-order chi connectivity index (χ0) is 22.2. The van der Waals surface area contributed by atoms with E-state index in [1.54, 1.807) is 0 Å². The molecule has 0 atom stereocenters. The Morgan fingerprint density at radius 3 is 2.23 bits per heavy atom. The number of alkyl halides is 3. The SMILES string of the molecule is O=C(c1ccccc1C(F)(F)F)N1CCC2(CC1)NC(=O)N(Cc1ccccc1)C2=O. The average molecular weight is 431 g/mol. The van der Waals surface area contributed by atoms with Gasteiger partial charge in [0, 0.05) is 13.1 Å². The maximum absolute atomic E-state index is 13.3. The highest BCUT2D eigenvalue weighted by Gasteiger charge is 2.52. The van der Waals surface area contributed by atoms with Crippen molar-refractivity contribution in [3.63, 3.8) is 0 Å². The van der Waals surface area contributed by atoms with Gasteiger partial charge in [-0.1, -0.05) is 42.5 Å². The summed E-state index contributed by atoms with van der Waals surface area (Å²) >= 11 is 0. The number of piperidine rings is 1. The zero-order valence-electron chi connectivity index (χ0n) is 16.5. The minimum atomic E-state index is -4.64. The first-order valence-electron chi connectivity index (χ1n) is 9.85. The topological polar surface area (TPSA) is 69.7 Å². The molecular formula is C22H20F3N3O3. The normalized spacial score (nSPS) is 18.4. The standard InChI is InChI=1S/C22H20F3N3O3/c23-22(24,25)17-9-5-4-8-16(17)18(29)27-12-10-21(11-13-27)19(30)28(20(31)26-21)14-15-6-2-1-3-7-15/h1-9H,10-14H2,(H,26,31). The number of rotatable bonds is 3. The number of nitrogens with zero attached hydrogens (tertiary/aromatic N) is 2. The first-order chi connectivity index (χ1) is 14.7. The first-order valence-corrected chi connectivity index (χ1v) is 9.85. The smallest absolute Gasteiger partial charge is 0.338 e. The lowest BCUT2D eigenvalue weighted by Crippen LogP contribution is -2.56. The highest BCUT2D eigenvalue weighted by atomic mass is 19.4. The number of benzene rings is 2. The van der Waals surface area contributed by atoms with Crippen LogP contribution in [0, 0.1) is 0 Å². The summed E-state index contributed by atoms with van der Waals surface area (Å²) in [5, 5.41) is 2.74. The second kappa shape index (κ2) is 7.72. The van der Waals surface area contributed by atoms with Gasteiger partial charge in [0.05, 0.1) is 17.7 Å². The molecule has 1 N–H and O–H groups in total. The van der Waals surface area contributed by atoms with Gasteiger partial charge in [-0.05, 0) is 30.5 Å². The van der Waals surface area contributed by atoms with Crippen molar-refractivity contribution in [1.82, 2.24) is 15.1 Å². The number of hydrogen-bond donors (Lipinski definition) is 1. The predicted molar refractivity (Wildman–Crippen MR) is 105 cm³/mol. The number of amides is 4. The van der Waals surface area contributed by atoms with Gasteiger partial charge in [0.1, 0.15) is 5.54 Å². The maximum atomic E-state index is 13.3. The molecule has 0 bridgehead atoms. The predicted octanol–water partition coefficient (Wildman–Crippen LogP) is 3.43. The van der Waals surface area contributed by atoms with Crippen LogP contribution in [0.4, 0.5) is 18.0 Å². The molecule has 2 fully saturated rings. The largest absolute Gasteiger partial charge is 0.417 e.